The zero-order valence-electron chi connectivity index (χ0n) is 17.8. The Morgan fingerprint density at radius 1 is 1.06 bits per heavy atom. The van der Waals surface area contributed by atoms with Gasteiger partial charge in [-0.3, -0.25) is 14.5 Å². The highest BCUT2D eigenvalue weighted by atomic mass is 32.1. The fourth-order valence-electron chi connectivity index (χ4n) is 3.72. The molecule has 3 aromatic rings. The van der Waals surface area contributed by atoms with Gasteiger partial charge in [0, 0.05) is 17.1 Å². The molecule has 0 bridgehead atoms. The van der Waals surface area contributed by atoms with Crippen LogP contribution in [-0.2, 0) is 16.0 Å². The minimum atomic E-state index is -0.803. The van der Waals surface area contributed by atoms with Gasteiger partial charge in [-0.05, 0) is 91.1 Å². The summed E-state index contributed by atoms with van der Waals surface area (Å²) < 4.78 is 26.6. The van der Waals surface area contributed by atoms with E-state index in [9.17, 15) is 18.4 Å². The van der Waals surface area contributed by atoms with Crippen molar-refractivity contribution in [2.45, 2.75) is 25.8 Å². The van der Waals surface area contributed by atoms with Crippen molar-refractivity contribution in [2.24, 2.45) is 0 Å². The van der Waals surface area contributed by atoms with Crippen molar-refractivity contribution < 1.29 is 18.4 Å². The highest BCUT2D eigenvalue weighted by Crippen LogP contribution is 2.28. The van der Waals surface area contributed by atoms with E-state index in [0.717, 1.165) is 5.56 Å². The standard InChI is InChI=1S/C24H21F2N3O2S2/c1-15-11-13-33-21(15)10-12-28-20(14-22(30)27-18-6-2-16(25)3-7-18)23(31)29(24(28)32)19-8-4-17(26)5-9-19/h2-9,11,13,20H,10,12,14H2,1H3,(H,27,30)/t20-/m0/s1. The second-order valence-electron chi connectivity index (χ2n) is 7.68. The van der Waals surface area contributed by atoms with Gasteiger partial charge >= 0.3 is 0 Å². The number of hydrogen-bond donors (Lipinski definition) is 1. The van der Waals surface area contributed by atoms with Crippen molar-refractivity contribution in [1.29, 1.82) is 0 Å². The van der Waals surface area contributed by atoms with Crippen molar-refractivity contribution in [3.63, 3.8) is 0 Å². The first kappa shape index (κ1) is 23.0. The average Bonchev–Trinajstić information content (AvgIpc) is 3.29. The Bertz CT molecular complexity index is 1180. The molecule has 0 radical (unpaired) electrons. The van der Waals surface area contributed by atoms with Crippen LogP contribution in [0, 0.1) is 18.6 Å². The van der Waals surface area contributed by atoms with Crippen LogP contribution >= 0.6 is 23.6 Å². The highest BCUT2D eigenvalue weighted by molar-refractivity contribution is 7.80. The summed E-state index contributed by atoms with van der Waals surface area (Å²) in [4.78, 5) is 30.4. The van der Waals surface area contributed by atoms with Crippen LogP contribution < -0.4 is 10.2 Å². The van der Waals surface area contributed by atoms with Gasteiger partial charge in [0.05, 0.1) is 12.1 Å². The lowest BCUT2D eigenvalue weighted by Gasteiger charge is -2.23. The Balaban J connectivity index is 1.55. The molecule has 33 heavy (non-hydrogen) atoms. The molecular formula is C24H21F2N3O2S2. The minimum Gasteiger partial charge on any atom is -0.336 e. The maximum Gasteiger partial charge on any atom is 0.256 e. The molecule has 0 unspecified atom stereocenters. The number of nitrogens with one attached hydrogen (secondary N) is 1. The summed E-state index contributed by atoms with van der Waals surface area (Å²) in [7, 11) is 0. The fraction of sp³-hybridized carbons (Fsp3) is 0.208. The molecule has 170 valence electrons. The number of thiocarbonyl (C=S) groups is 1. The van der Waals surface area contributed by atoms with Crippen molar-refractivity contribution in [3.05, 3.63) is 82.1 Å². The average molecular weight is 486 g/mol. The zero-order valence-corrected chi connectivity index (χ0v) is 19.4. The molecule has 1 N–H and O–H groups in total. The lowest BCUT2D eigenvalue weighted by molar-refractivity contribution is -0.124. The van der Waals surface area contributed by atoms with Gasteiger partial charge in [-0.2, -0.15) is 0 Å². The molecule has 1 fully saturated rings. The molecule has 2 amide bonds. The third-order valence-corrected chi connectivity index (χ3v) is 6.96. The lowest BCUT2D eigenvalue weighted by Crippen LogP contribution is -2.39. The van der Waals surface area contributed by atoms with Crippen LogP contribution in [-0.4, -0.2) is 34.4 Å². The summed E-state index contributed by atoms with van der Waals surface area (Å²) in [6.45, 7) is 2.48. The summed E-state index contributed by atoms with van der Waals surface area (Å²) in [5.41, 5.74) is 2.05. The fourth-order valence-corrected chi connectivity index (χ4v) is 5.03. The number of nitrogens with zero attached hydrogens (tertiary/aromatic N) is 2. The van der Waals surface area contributed by atoms with Gasteiger partial charge in [-0.15, -0.1) is 11.3 Å². The predicted molar refractivity (Wildman–Crippen MR) is 129 cm³/mol. The molecule has 1 atom stereocenters. The molecule has 2 heterocycles. The number of carbonyl (C=O) groups is 2. The maximum absolute atomic E-state index is 13.4. The van der Waals surface area contributed by atoms with Crippen LogP contribution in [0.25, 0.3) is 0 Å². The molecule has 0 saturated carbocycles. The van der Waals surface area contributed by atoms with E-state index in [-0.39, 0.29) is 23.3 Å². The smallest absolute Gasteiger partial charge is 0.256 e. The lowest BCUT2D eigenvalue weighted by atomic mass is 10.1. The molecular weight excluding hydrogens is 464 g/mol. The maximum atomic E-state index is 13.4. The van der Waals surface area contributed by atoms with Crippen LogP contribution in [0.2, 0.25) is 0 Å². The Morgan fingerprint density at radius 2 is 1.70 bits per heavy atom. The molecule has 0 spiro atoms. The molecule has 1 aromatic heterocycles. The molecule has 5 nitrogen and oxygen atoms in total. The van der Waals surface area contributed by atoms with Gasteiger partial charge in [0.15, 0.2) is 5.11 Å². The third kappa shape index (κ3) is 5.09. The van der Waals surface area contributed by atoms with E-state index in [2.05, 4.69) is 5.32 Å². The van der Waals surface area contributed by atoms with Crippen LogP contribution in [0.5, 0.6) is 0 Å². The monoisotopic (exact) mass is 485 g/mol. The van der Waals surface area contributed by atoms with Gasteiger partial charge < -0.3 is 10.2 Å². The normalized spacial score (nSPS) is 15.9. The van der Waals surface area contributed by atoms with E-state index in [4.69, 9.17) is 12.2 Å². The van der Waals surface area contributed by atoms with Crippen molar-refractivity contribution in [1.82, 2.24) is 4.90 Å². The number of rotatable bonds is 7. The first-order valence-corrected chi connectivity index (χ1v) is 11.6. The second-order valence-corrected chi connectivity index (χ2v) is 9.04. The molecule has 2 aromatic carbocycles. The number of aryl methyl sites for hydroxylation is 1. The Morgan fingerprint density at radius 3 is 2.30 bits per heavy atom. The van der Waals surface area contributed by atoms with E-state index in [1.165, 1.54) is 58.3 Å². The summed E-state index contributed by atoms with van der Waals surface area (Å²) in [5, 5.41) is 4.99. The number of thiophene rings is 1. The SMILES string of the molecule is Cc1ccsc1CCN1C(=S)N(c2ccc(F)cc2)C(=O)[C@@H]1CC(=O)Nc1ccc(F)cc1. The third-order valence-electron chi connectivity index (χ3n) is 5.46. The number of benzene rings is 2. The first-order valence-electron chi connectivity index (χ1n) is 10.3. The van der Waals surface area contributed by atoms with E-state index >= 15 is 0 Å². The Kier molecular flexibility index (Phi) is 6.80. The number of anilines is 2. The van der Waals surface area contributed by atoms with E-state index < -0.39 is 17.7 Å². The zero-order chi connectivity index (χ0) is 23.5. The molecule has 1 aliphatic rings. The van der Waals surface area contributed by atoms with Crippen LogP contribution in [0.1, 0.15) is 16.9 Å². The number of amides is 2. The topological polar surface area (TPSA) is 52.7 Å². The summed E-state index contributed by atoms with van der Waals surface area (Å²) >= 11 is 7.25. The Hall–Kier alpha value is -3.17. The van der Waals surface area contributed by atoms with Crippen molar-refractivity contribution in [3.8, 4) is 0 Å². The highest BCUT2D eigenvalue weighted by Gasteiger charge is 2.44. The van der Waals surface area contributed by atoms with Gasteiger partial charge in [0.2, 0.25) is 5.91 Å². The molecule has 1 saturated heterocycles. The number of hydrogen-bond acceptors (Lipinski definition) is 4. The predicted octanol–water partition coefficient (Wildman–Crippen LogP) is 4.91. The van der Waals surface area contributed by atoms with E-state index in [1.807, 2.05) is 18.4 Å². The largest absolute Gasteiger partial charge is 0.336 e. The van der Waals surface area contributed by atoms with E-state index in [1.54, 1.807) is 16.2 Å². The van der Waals surface area contributed by atoms with Crippen LogP contribution in [0.3, 0.4) is 0 Å². The summed E-state index contributed by atoms with van der Waals surface area (Å²) in [6.07, 6.45) is 0.543. The molecule has 1 aliphatic heterocycles. The van der Waals surface area contributed by atoms with Gasteiger partial charge in [0.1, 0.15) is 17.7 Å². The van der Waals surface area contributed by atoms with Crippen LogP contribution in [0.15, 0.2) is 60.0 Å². The van der Waals surface area contributed by atoms with Crippen LogP contribution in [0.4, 0.5) is 20.2 Å². The van der Waals surface area contributed by atoms with Gasteiger partial charge in [0.25, 0.3) is 5.91 Å². The second kappa shape index (κ2) is 9.76. The molecule has 9 heteroatoms. The number of halogens is 2. The molecule has 0 aliphatic carbocycles. The van der Waals surface area contributed by atoms with E-state index in [0.29, 0.717) is 24.3 Å². The van der Waals surface area contributed by atoms with Crippen molar-refractivity contribution in [2.75, 3.05) is 16.8 Å². The summed E-state index contributed by atoms with van der Waals surface area (Å²) in [5.74, 6) is -1.56. The van der Waals surface area contributed by atoms with Gasteiger partial charge in [-0.25, -0.2) is 8.78 Å². The first-order chi connectivity index (χ1) is 15.8. The summed E-state index contributed by atoms with van der Waals surface area (Å²) in [6, 6.07) is 12.1. The quantitative estimate of drug-likeness (QED) is 0.484. The molecule has 4 rings (SSSR count). The Labute approximate surface area is 199 Å². The number of carbonyl (C=O) groups excluding carboxylic acids is 2. The van der Waals surface area contributed by atoms with Crippen molar-refractivity contribution >= 4 is 51.9 Å². The minimum absolute atomic E-state index is 0.128. The van der Waals surface area contributed by atoms with Gasteiger partial charge in [-0.1, -0.05) is 0 Å².